The highest BCUT2D eigenvalue weighted by atomic mass is 19.4. The van der Waals surface area contributed by atoms with Gasteiger partial charge in [-0.2, -0.15) is 13.2 Å². The smallest absolute Gasteiger partial charge is 0.352 e. The first kappa shape index (κ1) is 17.6. The average molecular weight is 339 g/mol. The van der Waals surface area contributed by atoms with Gasteiger partial charge in [-0.25, -0.2) is 9.97 Å². The molecule has 0 aliphatic heterocycles. The van der Waals surface area contributed by atoms with Crippen LogP contribution >= 0.6 is 0 Å². The Hall–Kier alpha value is -2.71. The van der Waals surface area contributed by atoms with E-state index in [1.54, 1.807) is 0 Å². The fourth-order valence-corrected chi connectivity index (χ4v) is 1.89. The molecule has 0 aliphatic rings. The van der Waals surface area contributed by atoms with E-state index in [0.29, 0.717) is 5.95 Å². The molecular weight excluding hydrogens is 323 g/mol. The third-order valence-corrected chi connectivity index (χ3v) is 2.95. The summed E-state index contributed by atoms with van der Waals surface area (Å²) >= 11 is 0. The molecule has 0 saturated carbocycles. The number of halogens is 3. The molecule has 1 atom stereocenters. The number of aromatic nitrogens is 3. The van der Waals surface area contributed by atoms with E-state index in [4.69, 9.17) is 0 Å². The Morgan fingerprint density at radius 2 is 1.83 bits per heavy atom. The number of hydrogen-bond acceptors (Lipinski definition) is 5. The zero-order valence-electron chi connectivity index (χ0n) is 13.0. The Labute approximate surface area is 136 Å². The standard InChI is InChI=1S/C15H16F3N5O/c1-9(2)22-14-20-7-11(8-21-14)13(24)23-12(15(16,17)18)10-4-3-5-19-6-10/h3-9,12H,1-2H3,(H,23,24)(H,20,21,22). The third kappa shape index (κ3) is 4.64. The summed E-state index contributed by atoms with van der Waals surface area (Å²) in [7, 11) is 0. The Kier molecular flexibility index (Phi) is 5.32. The van der Waals surface area contributed by atoms with E-state index in [1.807, 2.05) is 19.2 Å². The summed E-state index contributed by atoms with van der Waals surface area (Å²) in [5.74, 6) is -0.626. The van der Waals surface area contributed by atoms with Gasteiger partial charge in [-0.05, 0) is 19.9 Å². The Morgan fingerprint density at radius 3 is 2.33 bits per heavy atom. The first-order valence-electron chi connectivity index (χ1n) is 7.13. The highest BCUT2D eigenvalue weighted by Gasteiger charge is 2.42. The molecule has 2 rings (SSSR count). The minimum Gasteiger partial charge on any atom is -0.352 e. The fourth-order valence-electron chi connectivity index (χ4n) is 1.89. The number of nitrogens with one attached hydrogen (secondary N) is 2. The molecule has 0 aromatic carbocycles. The second-order valence-corrected chi connectivity index (χ2v) is 5.33. The van der Waals surface area contributed by atoms with Crippen molar-refractivity contribution in [3.63, 3.8) is 0 Å². The van der Waals surface area contributed by atoms with E-state index in [0.717, 1.165) is 6.20 Å². The summed E-state index contributed by atoms with van der Waals surface area (Å²) in [5.41, 5.74) is -0.222. The van der Waals surface area contributed by atoms with Crippen LogP contribution in [0.3, 0.4) is 0 Å². The first-order valence-corrected chi connectivity index (χ1v) is 7.13. The van der Waals surface area contributed by atoms with Crippen molar-refractivity contribution in [1.29, 1.82) is 0 Å². The Morgan fingerprint density at radius 1 is 1.17 bits per heavy atom. The summed E-state index contributed by atoms with van der Waals surface area (Å²) < 4.78 is 39.6. The van der Waals surface area contributed by atoms with E-state index in [-0.39, 0.29) is 17.2 Å². The second-order valence-electron chi connectivity index (χ2n) is 5.33. The van der Waals surface area contributed by atoms with E-state index in [1.165, 1.54) is 30.7 Å². The molecule has 1 amide bonds. The van der Waals surface area contributed by atoms with Gasteiger partial charge in [0.1, 0.15) is 0 Å². The van der Waals surface area contributed by atoms with Crippen molar-refractivity contribution in [2.24, 2.45) is 0 Å². The van der Waals surface area contributed by atoms with Crippen LogP contribution in [0.25, 0.3) is 0 Å². The van der Waals surface area contributed by atoms with Gasteiger partial charge in [-0.15, -0.1) is 0 Å². The number of rotatable bonds is 5. The summed E-state index contributed by atoms with van der Waals surface area (Å²) in [6.45, 7) is 3.76. The zero-order valence-corrected chi connectivity index (χ0v) is 13.0. The van der Waals surface area contributed by atoms with Gasteiger partial charge >= 0.3 is 6.18 Å². The molecule has 2 aromatic rings. The van der Waals surface area contributed by atoms with Crippen LogP contribution in [0, 0.1) is 0 Å². The van der Waals surface area contributed by atoms with Crippen molar-refractivity contribution in [1.82, 2.24) is 20.3 Å². The van der Waals surface area contributed by atoms with Crippen LogP contribution in [0.2, 0.25) is 0 Å². The Balaban J connectivity index is 2.16. The molecule has 0 spiro atoms. The number of nitrogens with zero attached hydrogens (tertiary/aromatic N) is 3. The van der Waals surface area contributed by atoms with Gasteiger partial charge in [0.05, 0.1) is 5.56 Å². The first-order chi connectivity index (χ1) is 11.3. The number of pyridine rings is 1. The van der Waals surface area contributed by atoms with Gasteiger partial charge in [0.15, 0.2) is 6.04 Å². The zero-order chi connectivity index (χ0) is 17.7. The van der Waals surface area contributed by atoms with Gasteiger partial charge in [0.2, 0.25) is 5.95 Å². The van der Waals surface area contributed by atoms with Gasteiger partial charge in [-0.3, -0.25) is 9.78 Å². The monoisotopic (exact) mass is 339 g/mol. The maximum absolute atomic E-state index is 13.2. The highest BCUT2D eigenvalue weighted by molar-refractivity contribution is 5.94. The largest absolute Gasteiger partial charge is 0.412 e. The van der Waals surface area contributed by atoms with E-state index >= 15 is 0 Å². The lowest BCUT2D eigenvalue weighted by molar-refractivity contribution is -0.155. The van der Waals surface area contributed by atoms with Crippen LogP contribution in [0.4, 0.5) is 19.1 Å². The number of alkyl halides is 3. The van der Waals surface area contributed by atoms with Crippen molar-refractivity contribution < 1.29 is 18.0 Å². The third-order valence-electron chi connectivity index (χ3n) is 2.95. The quantitative estimate of drug-likeness (QED) is 0.875. The molecule has 0 aliphatic carbocycles. The van der Waals surface area contributed by atoms with Crippen LogP contribution in [-0.2, 0) is 0 Å². The average Bonchev–Trinajstić information content (AvgIpc) is 2.52. The predicted octanol–water partition coefficient (Wildman–Crippen LogP) is 2.73. The fraction of sp³-hybridized carbons (Fsp3) is 0.333. The Bertz CT molecular complexity index is 674. The molecule has 24 heavy (non-hydrogen) atoms. The molecule has 0 radical (unpaired) electrons. The maximum atomic E-state index is 13.2. The van der Waals surface area contributed by atoms with Gasteiger partial charge in [0, 0.05) is 36.4 Å². The van der Waals surface area contributed by atoms with Gasteiger partial charge in [-0.1, -0.05) is 6.07 Å². The number of carbonyl (C=O) groups is 1. The molecule has 0 fully saturated rings. The summed E-state index contributed by atoms with van der Waals surface area (Å²) in [6, 6.07) is 0.546. The maximum Gasteiger partial charge on any atom is 0.412 e. The minimum atomic E-state index is -4.65. The lowest BCUT2D eigenvalue weighted by Gasteiger charge is -2.21. The van der Waals surface area contributed by atoms with Crippen molar-refractivity contribution in [2.45, 2.75) is 32.1 Å². The molecule has 0 bridgehead atoms. The van der Waals surface area contributed by atoms with Crippen LogP contribution in [0.1, 0.15) is 35.8 Å². The van der Waals surface area contributed by atoms with Crippen LogP contribution in [-0.4, -0.2) is 33.1 Å². The molecule has 2 heterocycles. The van der Waals surface area contributed by atoms with Crippen LogP contribution in [0.5, 0.6) is 0 Å². The van der Waals surface area contributed by atoms with E-state index < -0.39 is 18.1 Å². The van der Waals surface area contributed by atoms with Crippen LogP contribution in [0.15, 0.2) is 36.9 Å². The molecule has 2 N–H and O–H groups in total. The molecule has 6 nitrogen and oxygen atoms in total. The van der Waals surface area contributed by atoms with Crippen molar-refractivity contribution in [3.8, 4) is 0 Å². The van der Waals surface area contributed by atoms with E-state index in [2.05, 4.69) is 20.3 Å². The molecule has 2 aromatic heterocycles. The lowest BCUT2D eigenvalue weighted by Crippen LogP contribution is -2.38. The highest BCUT2D eigenvalue weighted by Crippen LogP contribution is 2.32. The topological polar surface area (TPSA) is 79.8 Å². The summed E-state index contributed by atoms with van der Waals surface area (Å²) in [4.78, 5) is 23.5. The summed E-state index contributed by atoms with van der Waals surface area (Å²) in [5, 5.41) is 4.87. The molecule has 0 saturated heterocycles. The molecular formula is C15H16F3N5O. The lowest BCUT2D eigenvalue weighted by atomic mass is 10.1. The number of amides is 1. The molecule has 9 heteroatoms. The van der Waals surface area contributed by atoms with E-state index in [9.17, 15) is 18.0 Å². The SMILES string of the molecule is CC(C)Nc1ncc(C(=O)NC(c2cccnc2)C(F)(F)F)cn1. The normalized spacial score (nSPS) is 12.8. The summed E-state index contributed by atoms with van der Waals surface area (Å²) in [6.07, 6.45) is 0.101. The predicted molar refractivity (Wildman–Crippen MR) is 81.3 cm³/mol. The van der Waals surface area contributed by atoms with Crippen LogP contribution < -0.4 is 10.6 Å². The van der Waals surface area contributed by atoms with Crippen molar-refractivity contribution in [3.05, 3.63) is 48.0 Å². The van der Waals surface area contributed by atoms with Crippen molar-refractivity contribution >= 4 is 11.9 Å². The number of carbonyl (C=O) groups excluding carboxylic acids is 1. The van der Waals surface area contributed by atoms with Gasteiger partial charge < -0.3 is 10.6 Å². The van der Waals surface area contributed by atoms with Crippen molar-refractivity contribution in [2.75, 3.05) is 5.32 Å². The second kappa shape index (κ2) is 7.24. The number of hydrogen-bond donors (Lipinski definition) is 2. The number of anilines is 1. The van der Waals surface area contributed by atoms with Gasteiger partial charge in [0.25, 0.3) is 5.91 Å². The molecule has 128 valence electrons. The molecule has 1 unspecified atom stereocenters. The minimum absolute atomic E-state index is 0.0672.